The summed E-state index contributed by atoms with van der Waals surface area (Å²) >= 11 is 0. The van der Waals surface area contributed by atoms with Gasteiger partial charge in [0.25, 0.3) is 5.91 Å². The smallest absolute Gasteiger partial charge is 0.256 e. The summed E-state index contributed by atoms with van der Waals surface area (Å²) in [5, 5.41) is 0. The second-order valence-electron chi connectivity index (χ2n) is 4.74. The molecule has 2 aromatic rings. The third kappa shape index (κ3) is 2.18. The summed E-state index contributed by atoms with van der Waals surface area (Å²) in [4.78, 5) is 18.2. The minimum atomic E-state index is 0.00307. The molecule has 5 heteroatoms. The summed E-state index contributed by atoms with van der Waals surface area (Å²) < 4.78 is 5.12. The summed E-state index contributed by atoms with van der Waals surface area (Å²) in [6.07, 6.45) is 0. The SMILES string of the molecule is COc1ccc(CN2Cc3nc(N)ccc3C2=O)cc1. The van der Waals surface area contributed by atoms with E-state index in [0.29, 0.717) is 24.5 Å². The van der Waals surface area contributed by atoms with E-state index in [1.165, 1.54) is 0 Å². The average Bonchev–Trinajstić information content (AvgIpc) is 2.75. The highest BCUT2D eigenvalue weighted by Gasteiger charge is 2.28. The van der Waals surface area contributed by atoms with Crippen LogP contribution in [0.4, 0.5) is 5.82 Å². The fourth-order valence-corrected chi connectivity index (χ4v) is 2.34. The number of fused-ring (bicyclic) bond motifs is 1. The predicted molar refractivity (Wildman–Crippen MR) is 75.2 cm³/mol. The molecule has 0 atom stereocenters. The molecule has 3 rings (SSSR count). The highest BCUT2D eigenvalue weighted by molar-refractivity contribution is 5.97. The normalized spacial score (nSPS) is 13.4. The van der Waals surface area contributed by atoms with Gasteiger partial charge in [0.1, 0.15) is 11.6 Å². The fourth-order valence-electron chi connectivity index (χ4n) is 2.34. The molecule has 2 N–H and O–H groups in total. The minimum Gasteiger partial charge on any atom is -0.497 e. The van der Waals surface area contributed by atoms with Gasteiger partial charge in [-0.05, 0) is 29.8 Å². The molecule has 1 aromatic heterocycles. The molecule has 20 heavy (non-hydrogen) atoms. The summed E-state index contributed by atoms with van der Waals surface area (Å²) in [5.74, 6) is 1.25. The van der Waals surface area contributed by atoms with E-state index in [1.54, 1.807) is 24.1 Å². The molecule has 0 radical (unpaired) electrons. The molecule has 1 aliphatic rings. The largest absolute Gasteiger partial charge is 0.497 e. The van der Waals surface area contributed by atoms with E-state index in [1.807, 2.05) is 24.3 Å². The van der Waals surface area contributed by atoms with Gasteiger partial charge in [0.05, 0.1) is 24.9 Å². The lowest BCUT2D eigenvalue weighted by atomic mass is 10.2. The number of carbonyl (C=O) groups is 1. The molecule has 0 fully saturated rings. The molecule has 1 aromatic carbocycles. The van der Waals surface area contributed by atoms with Gasteiger partial charge >= 0.3 is 0 Å². The minimum absolute atomic E-state index is 0.00307. The maximum absolute atomic E-state index is 12.3. The van der Waals surface area contributed by atoms with Crippen molar-refractivity contribution in [1.82, 2.24) is 9.88 Å². The van der Waals surface area contributed by atoms with Crippen molar-refractivity contribution in [3.05, 3.63) is 53.2 Å². The number of carbonyl (C=O) groups excluding carboxylic acids is 1. The maximum atomic E-state index is 12.3. The Balaban J connectivity index is 1.78. The first kappa shape index (κ1) is 12.5. The Morgan fingerprint density at radius 2 is 2.00 bits per heavy atom. The van der Waals surface area contributed by atoms with Crippen molar-refractivity contribution >= 4 is 11.7 Å². The number of anilines is 1. The molecule has 102 valence electrons. The molecule has 1 amide bonds. The third-order valence-electron chi connectivity index (χ3n) is 3.39. The number of hydrogen-bond acceptors (Lipinski definition) is 4. The van der Waals surface area contributed by atoms with E-state index in [9.17, 15) is 4.79 Å². The number of nitrogens with two attached hydrogens (primary N) is 1. The van der Waals surface area contributed by atoms with Crippen LogP contribution >= 0.6 is 0 Å². The number of aromatic nitrogens is 1. The summed E-state index contributed by atoms with van der Waals surface area (Å²) in [6, 6.07) is 11.1. The van der Waals surface area contributed by atoms with Crippen LogP contribution in [0.25, 0.3) is 0 Å². The summed E-state index contributed by atoms with van der Waals surface area (Å²) in [6.45, 7) is 1.06. The maximum Gasteiger partial charge on any atom is 0.256 e. The van der Waals surface area contributed by atoms with Crippen LogP contribution in [0.2, 0.25) is 0 Å². The molecule has 0 saturated heterocycles. The third-order valence-corrected chi connectivity index (χ3v) is 3.39. The Morgan fingerprint density at radius 3 is 2.70 bits per heavy atom. The zero-order chi connectivity index (χ0) is 14.1. The van der Waals surface area contributed by atoms with Crippen LogP contribution in [0.3, 0.4) is 0 Å². The number of benzene rings is 1. The molecule has 2 heterocycles. The van der Waals surface area contributed by atoms with Gasteiger partial charge in [-0.2, -0.15) is 0 Å². The van der Waals surface area contributed by atoms with Crippen LogP contribution in [-0.4, -0.2) is 22.9 Å². The molecular formula is C15H15N3O2. The van der Waals surface area contributed by atoms with E-state index in [4.69, 9.17) is 10.5 Å². The van der Waals surface area contributed by atoms with Gasteiger partial charge in [-0.25, -0.2) is 4.98 Å². The van der Waals surface area contributed by atoms with Crippen molar-refractivity contribution < 1.29 is 9.53 Å². The fraction of sp³-hybridized carbons (Fsp3) is 0.200. The Hall–Kier alpha value is -2.56. The lowest BCUT2D eigenvalue weighted by Gasteiger charge is -2.15. The van der Waals surface area contributed by atoms with Crippen LogP contribution < -0.4 is 10.5 Å². The van der Waals surface area contributed by atoms with Crippen molar-refractivity contribution in [2.75, 3.05) is 12.8 Å². The lowest BCUT2D eigenvalue weighted by molar-refractivity contribution is 0.0766. The van der Waals surface area contributed by atoms with Gasteiger partial charge in [0, 0.05) is 6.54 Å². The quantitative estimate of drug-likeness (QED) is 0.923. The van der Waals surface area contributed by atoms with Crippen molar-refractivity contribution in [2.45, 2.75) is 13.1 Å². The van der Waals surface area contributed by atoms with Crippen LogP contribution in [0.1, 0.15) is 21.6 Å². The molecule has 0 spiro atoms. The van der Waals surface area contributed by atoms with E-state index in [2.05, 4.69) is 4.98 Å². The number of ether oxygens (including phenoxy) is 1. The first-order valence-corrected chi connectivity index (χ1v) is 6.35. The van der Waals surface area contributed by atoms with Gasteiger partial charge in [0.15, 0.2) is 0 Å². The Bertz CT molecular complexity index is 653. The number of hydrogen-bond donors (Lipinski definition) is 1. The molecule has 5 nitrogen and oxygen atoms in total. The van der Waals surface area contributed by atoms with E-state index < -0.39 is 0 Å². The molecule has 0 unspecified atom stereocenters. The van der Waals surface area contributed by atoms with Crippen LogP contribution in [0.5, 0.6) is 5.75 Å². The second-order valence-corrected chi connectivity index (χ2v) is 4.74. The van der Waals surface area contributed by atoms with E-state index >= 15 is 0 Å². The highest BCUT2D eigenvalue weighted by atomic mass is 16.5. The molecule has 0 aliphatic carbocycles. The lowest BCUT2D eigenvalue weighted by Crippen LogP contribution is -2.23. The summed E-state index contributed by atoms with van der Waals surface area (Å²) in [5.41, 5.74) is 8.11. The number of pyridine rings is 1. The summed E-state index contributed by atoms with van der Waals surface area (Å²) in [7, 11) is 1.63. The molecule has 0 saturated carbocycles. The standard InChI is InChI=1S/C15H15N3O2/c1-20-11-4-2-10(3-5-11)8-18-9-13-12(15(18)19)6-7-14(16)17-13/h2-7H,8-9H2,1H3,(H2,16,17). The van der Waals surface area contributed by atoms with Crippen molar-refractivity contribution in [1.29, 1.82) is 0 Å². The number of rotatable bonds is 3. The average molecular weight is 269 g/mol. The highest BCUT2D eigenvalue weighted by Crippen LogP contribution is 2.24. The van der Waals surface area contributed by atoms with Gasteiger partial charge in [-0.15, -0.1) is 0 Å². The van der Waals surface area contributed by atoms with Crippen LogP contribution in [0, 0.1) is 0 Å². The zero-order valence-corrected chi connectivity index (χ0v) is 11.2. The van der Waals surface area contributed by atoms with Gasteiger partial charge in [0.2, 0.25) is 0 Å². The van der Waals surface area contributed by atoms with Crippen molar-refractivity contribution in [3.63, 3.8) is 0 Å². The second kappa shape index (κ2) is 4.85. The first-order valence-electron chi connectivity index (χ1n) is 6.35. The Labute approximate surface area is 117 Å². The monoisotopic (exact) mass is 269 g/mol. The van der Waals surface area contributed by atoms with Gasteiger partial charge < -0.3 is 15.4 Å². The van der Waals surface area contributed by atoms with Crippen molar-refractivity contribution in [2.24, 2.45) is 0 Å². The molecule has 1 aliphatic heterocycles. The van der Waals surface area contributed by atoms with Gasteiger partial charge in [-0.1, -0.05) is 12.1 Å². The number of nitrogens with zero attached hydrogens (tertiary/aromatic N) is 2. The molecular weight excluding hydrogens is 254 g/mol. The predicted octanol–water partition coefficient (Wildman–Crippen LogP) is 1.83. The van der Waals surface area contributed by atoms with E-state index in [-0.39, 0.29) is 5.91 Å². The Morgan fingerprint density at radius 1 is 1.25 bits per heavy atom. The zero-order valence-electron chi connectivity index (χ0n) is 11.2. The van der Waals surface area contributed by atoms with Crippen molar-refractivity contribution in [3.8, 4) is 5.75 Å². The number of nitrogen functional groups attached to an aromatic ring is 1. The van der Waals surface area contributed by atoms with E-state index in [0.717, 1.165) is 17.0 Å². The van der Waals surface area contributed by atoms with Crippen LogP contribution in [-0.2, 0) is 13.1 Å². The Kier molecular flexibility index (Phi) is 3.02. The number of methoxy groups -OCH3 is 1. The van der Waals surface area contributed by atoms with Gasteiger partial charge in [-0.3, -0.25) is 4.79 Å². The number of amides is 1. The van der Waals surface area contributed by atoms with Crippen LogP contribution in [0.15, 0.2) is 36.4 Å². The first-order chi connectivity index (χ1) is 9.67. The molecule has 0 bridgehead atoms. The topological polar surface area (TPSA) is 68.4 Å².